The van der Waals surface area contributed by atoms with Gasteiger partial charge >= 0.3 is 0 Å². The van der Waals surface area contributed by atoms with E-state index in [2.05, 4.69) is 15.3 Å². The first kappa shape index (κ1) is 20.0. The fraction of sp³-hybridized carbons (Fsp3) is 0.182. The number of hydrogen-bond acceptors (Lipinski definition) is 5. The zero-order chi connectivity index (χ0) is 21.4. The summed E-state index contributed by atoms with van der Waals surface area (Å²) in [5, 5.41) is 5.72. The maximum Gasteiger partial charge on any atom is 0.228 e. The van der Waals surface area contributed by atoms with Gasteiger partial charge in [-0.2, -0.15) is 0 Å². The molecule has 2 aromatic heterocycles. The molecule has 3 aromatic rings. The molecule has 1 aliphatic heterocycles. The second-order valence-electron chi connectivity index (χ2n) is 7.38. The maximum atomic E-state index is 12.2. The van der Waals surface area contributed by atoms with Gasteiger partial charge in [0.1, 0.15) is 11.5 Å². The van der Waals surface area contributed by atoms with Gasteiger partial charge in [0.15, 0.2) is 0 Å². The smallest absolute Gasteiger partial charge is 0.228 e. The lowest BCUT2D eigenvalue weighted by atomic mass is 10.0. The minimum atomic E-state index is -2.44. The fourth-order valence-electron chi connectivity index (χ4n) is 3.54. The average Bonchev–Trinajstić information content (AvgIpc) is 3.52. The summed E-state index contributed by atoms with van der Waals surface area (Å²) in [6.07, 6.45) is 7.33. The standard InChI is InChI=1S/C22H20N4O3S2/c27-22(15-1-2-15)25-20-13-19(18-7-10-23-21(18)24-20)14-3-5-16(6-4-14)26(31(28)29)17-8-11-30-12-9-17/h3-11,13,15H,1-2,12H2,(H,28,29)(H2,23,24,25,27)/p-1. The molecule has 0 radical (unpaired) electrons. The Morgan fingerprint density at radius 3 is 2.74 bits per heavy atom. The van der Waals surface area contributed by atoms with Gasteiger partial charge in [0.05, 0.1) is 22.7 Å². The first-order valence-corrected chi connectivity index (χ1v) is 12.0. The number of carbonyl (C=O) groups excluding carboxylic acids is 1. The molecular weight excluding hydrogens is 432 g/mol. The molecule has 2 aliphatic rings. The lowest BCUT2D eigenvalue weighted by Crippen LogP contribution is -2.24. The number of anilines is 2. The fourth-order valence-corrected chi connectivity index (χ4v) is 4.75. The highest BCUT2D eigenvalue weighted by atomic mass is 32.2. The molecule has 0 spiro atoms. The van der Waals surface area contributed by atoms with Crippen molar-refractivity contribution in [1.29, 1.82) is 0 Å². The third kappa shape index (κ3) is 4.16. The second kappa shape index (κ2) is 8.33. The summed E-state index contributed by atoms with van der Waals surface area (Å²) in [6.45, 7) is 0. The van der Waals surface area contributed by atoms with E-state index in [1.807, 2.05) is 41.9 Å². The number of nitrogens with zero attached hydrogens (tertiary/aromatic N) is 2. The third-order valence-corrected chi connectivity index (χ3v) is 6.66. The van der Waals surface area contributed by atoms with Crippen LogP contribution in [0.4, 0.5) is 11.5 Å². The number of fused-ring (bicyclic) bond motifs is 1. The van der Waals surface area contributed by atoms with Crippen LogP contribution in [0, 0.1) is 5.92 Å². The van der Waals surface area contributed by atoms with Crippen molar-refractivity contribution in [2.75, 3.05) is 15.4 Å². The molecule has 0 saturated heterocycles. The molecule has 1 unspecified atom stereocenters. The number of amides is 1. The Balaban J connectivity index is 1.49. The zero-order valence-electron chi connectivity index (χ0n) is 16.4. The van der Waals surface area contributed by atoms with Gasteiger partial charge in [-0.05, 0) is 65.8 Å². The Kier molecular flexibility index (Phi) is 5.39. The number of rotatable bonds is 6. The number of carbonyl (C=O) groups is 1. The summed E-state index contributed by atoms with van der Waals surface area (Å²) in [5.41, 5.74) is 3.68. The van der Waals surface area contributed by atoms with Crippen molar-refractivity contribution >= 4 is 51.5 Å². The van der Waals surface area contributed by atoms with Crippen molar-refractivity contribution in [2.24, 2.45) is 5.92 Å². The van der Waals surface area contributed by atoms with E-state index in [1.165, 1.54) is 4.31 Å². The van der Waals surface area contributed by atoms with Crippen molar-refractivity contribution < 1.29 is 13.6 Å². The Morgan fingerprint density at radius 1 is 1.26 bits per heavy atom. The number of nitrogens with one attached hydrogen (secondary N) is 2. The number of aromatic nitrogens is 2. The van der Waals surface area contributed by atoms with E-state index in [9.17, 15) is 13.6 Å². The largest absolute Gasteiger partial charge is 0.755 e. The highest BCUT2D eigenvalue weighted by Gasteiger charge is 2.30. The van der Waals surface area contributed by atoms with Crippen LogP contribution >= 0.6 is 11.8 Å². The molecule has 1 atom stereocenters. The molecule has 1 saturated carbocycles. The van der Waals surface area contributed by atoms with E-state index in [0.717, 1.165) is 35.1 Å². The van der Waals surface area contributed by atoms with Crippen LogP contribution in [0.25, 0.3) is 22.2 Å². The monoisotopic (exact) mass is 451 g/mol. The first-order valence-electron chi connectivity index (χ1n) is 9.87. The number of thioether (sulfide) groups is 1. The minimum Gasteiger partial charge on any atom is -0.755 e. The quantitative estimate of drug-likeness (QED) is 0.544. The summed E-state index contributed by atoms with van der Waals surface area (Å²) < 4.78 is 25.1. The predicted octanol–water partition coefficient (Wildman–Crippen LogP) is 4.32. The molecule has 1 amide bonds. The topological polar surface area (TPSA) is 101 Å². The molecule has 158 valence electrons. The Bertz CT molecular complexity index is 1230. The first-order chi connectivity index (χ1) is 15.1. The van der Waals surface area contributed by atoms with Crippen molar-refractivity contribution in [3.8, 4) is 11.1 Å². The Labute approximate surface area is 186 Å². The molecular formula is C22H19N4O3S2-. The van der Waals surface area contributed by atoms with Crippen LogP contribution in [0.5, 0.6) is 0 Å². The number of pyridine rings is 1. The molecule has 7 nitrogen and oxygen atoms in total. The highest BCUT2D eigenvalue weighted by Crippen LogP contribution is 2.34. The van der Waals surface area contributed by atoms with Crippen LogP contribution in [0.2, 0.25) is 0 Å². The lowest BCUT2D eigenvalue weighted by molar-refractivity contribution is -0.117. The maximum absolute atomic E-state index is 12.2. The summed E-state index contributed by atoms with van der Waals surface area (Å²) >= 11 is -0.824. The molecule has 2 N–H and O–H groups in total. The van der Waals surface area contributed by atoms with Crippen LogP contribution in [0.15, 0.2) is 65.9 Å². The van der Waals surface area contributed by atoms with Gasteiger partial charge in [0, 0.05) is 23.3 Å². The van der Waals surface area contributed by atoms with E-state index in [4.69, 9.17) is 0 Å². The van der Waals surface area contributed by atoms with Crippen LogP contribution < -0.4 is 9.62 Å². The number of allylic oxidation sites excluding steroid dienone is 1. The van der Waals surface area contributed by atoms with E-state index in [0.29, 0.717) is 22.8 Å². The summed E-state index contributed by atoms with van der Waals surface area (Å²) in [7, 11) is 0. The Morgan fingerprint density at radius 2 is 2.06 bits per heavy atom. The van der Waals surface area contributed by atoms with Gasteiger partial charge in [-0.1, -0.05) is 12.1 Å². The van der Waals surface area contributed by atoms with Crippen molar-refractivity contribution in [3.63, 3.8) is 0 Å². The summed E-state index contributed by atoms with van der Waals surface area (Å²) in [5.74, 6) is 1.32. The summed E-state index contributed by atoms with van der Waals surface area (Å²) in [6, 6.07) is 11.1. The van der Waals surface area contributed by atoms with Gasteiger partial charge in [-0.3, -0.25) is 13.3 Å². The molecule has 5 rings (SSSR count). The van der Waals surface area contributed by atoms with Crippen LogP contribution in [-0.2, 0) is 16.1 Å². The van der Waals surface area contributed by atoms with Crippen LogP contribution in [0.3, 0.4) is 0 Å². The van der Waals surface area contributed by atoms with Gasteiger partial charge in [0.2, 0.25) is 5.91 Å². The molecule has 9 heteroatoms. The SMILES string of the molecule is O=C(Nc1cc(-c2ccc(N(C3=CCSC=C3)S(=O)[O-])cc2)c2cc[nH]c2n1)C1CC1. The lowest BCUT2D eigenvalue weighted by Gasteiger charge is -2.28. The van der Waals surface area contributed by atoms with Crippen molar-refractivity contribution in [2.45, 2.75) is 12.8 Å². The average molecular weight is 452 g/mol. The molecule has 31 heavy (non-hydrogen) atoms. The number of aromatic amines is 1. The van der Waals surface area contributed by atoms with E-state index in [-0.39, 0.29) is 11.8 Å². The zero-order valence-corrected chi connectivity index (χ0v) is 18.0. The van der Waals surface area contributed by atoms with E-state index in [1.54, 1.807) is 30.0 Å². The van der Waals surface area contributed by atoms with E-state index < -0.39 is 11.3 Å². The van der Waals surface area contributed by atoms with Gasteiger partial charge in [0.25, 0.3) is 0 Å². The van der Waals surface area contributed by atoms with Gasteiger partial charge in [-0.15, -0.1) is 11.8 Å². The molecule has 0 bridgehead atoms. The van der Waals surface area contributed by atoms with Crippen molar-refractivity contribution in [3.05, 3.63) is 65.9 Å². The predicted molar refractivity (Wildman–Crippen MR) is 124 cm³/mol. The van der Waals surface area contributed by atoms with Crippen LogP contribution in [0.1, 0.15) is 12.8 Å². The van der Waals surface area contributed by atoms with Crippen LogP contribution in [-0.4, -0.2) is 30.4 Å². The highest BCUT2D eigenvalue weighted by molar-refractivity contribution is 8.02. The normalized spacial score (nSPS) is 16.7. The Hall–Kier alpha value is -2.88. The molecule has 1 aromatic carbocycles. The van der Waals surface area contributed by atoms with Crippen molar-refractivity contribution in [1.82, 2.24) is 9.97 Å². The number of benzene rings is 1. The van der Waals surface area contributed by atoms with E-state index >= 15 is 0 Å². The molecule has 1 aliphatic carbocycles. The molecule has 1 fully saturated rings. The number of hydrogen-bond donors (Lipinski definition) is 2. The molecule has 3 heterocycles. The number of H-pyrrole nitrogens is 1. The summed E-state index contributed by atoms with van der Waals surface area (Å²) in [4.78, 5) is 19.8. The van der Waals surface area contributed by atoms with Gasteiger partial charge in [-0.25, -0.2) is 4.98 Å². The minimum absolute atomic E-state index is 0.000228. The van der Waals surface area contributed by atoms with Gasteiger partial charge < -0.3 is 14.9 Å². The second-order valence-corrected chi connectivity index (χ2v) is 9.12. The third-order valence-electron chi connectivity index (χ3n) is 5.25.